The van der Waals surface area contributed by atoms with Gasteiger partial charge in [-0.2, -0.15) is 5.10 Å². The number of rotatable bonds is 3. The summed E-state index contributed by atoms with van der Waals surface area (Å²) in [5, 5.41) is 31.0. The van der Waals surface area contributed by atoms with Crippen molar-refractivity contribution in [3.63, 3.8) is 0 Å². The molecule has 11 heteroatoms. The number of anilines is 1. The molecule has 0 aromatic carbocycles. The molecule has 4 atom stereocenters. The lowest BCUT2D eigenvalue weighted by molar-refractivity contribution is -0.136. The highest BCUT2D eigenvalue weighted by Crippen LogP contribution is 2.45. The number of imidazole rings is 1. The van der Waals surface area contributed by atoms with Crippen LogP contribution in [0.4, 0.5) is 5.82 Å². The number of nitrogens with one attached hydrogen (secondary N) is 2. The van der Waals surface area contributed by atoms with Crippen LogP contribution in [0.1, 0.15) is 30.8 Å². The Kier molecular flexibility index (Phi) is 5.12. The Hall–Kier alpha value is -3.49. The predicted octanol–water partition coefficient (Wildman–Crippen LogP) is -0.580. The number of hydrogen-bond donors (Lipinski definition) is 4. The molecule has 4 N–H and O–H groups in total. The topological polar surface area (TPSA) is 143 Å². The number of amides is 1. The normalized spacial score (nSPS) is 25.3. The van der Waals surface area contributed by atoms with Crippen LogP contribution in [0.3, 0.4) is 0 Å². The molecule has 0 spiro atoms. The zero-order chi connectivity index (χ0) is 22.3. The molecule has 0 radical (unpaired) electrons. The number of nitrogens with zero attached hydrogens (tertiary/aromatic N) is 6. The van der Waals surface area contributed by atoms with Crippen molar-refractivity contribution in [1.29, 1.82) is 0 Å². The molecule has 1 fully saturated rings. The molecule has 11 nitrogen and oxygen atoms in total. The van der Waals surface area contributed by atoms with E-state index in [-0.39, 0.29) is 18.2 Å². The van der Waals surface area contributed by atoms with Gasteiger partial charge >= 0.3 is 0 Å². The van der Waals surface area contributed by atoms with Crippen LogP contribution in [0.25, 0.3) is 11.2 Å². The van der Waals surface area contributed by atoms with Crippen molar-refractivity contribution < 1.29 is 15.0 Å². The highest BCUT2D eigenvalue weighted by Gasteiger charge is 2.54. The minimum atomic E-state index is -1.23. The van der Waals surface area contributed by atoms with Crippen LogP contribution in [0.2, 0.25) is 0 Å². The summed E-state index contributed by atoms with van der Waals surface area (Å²) in [6.45, 7) is 1.64. The maximum absolute atomic E-state index is 12.4. The van der Waals surface area contributed by atoms with Crippen molar-refractivity contribution in [3.05, 3.63) is 30.1 Å². The number of aryl methyl sites for hydroxylation is 1. The number of fused-ring (bicyclic) bond motifs is 1. The Morgan fingerprint density at radius 2 is 2.06 bits per heavy atom. The smallest absolute Gasteiger partial charge is 0.228 e. The fraction of sp³-hybridized carbons (Fsp3) is 0.450. The van der Waals surface area contributed by atoms with Gasteiger partial charge in [-0.25, -0.2) is 15.0 Å². The van der Waals surface area contributed by atoms with E-state index in [9.17, 15) is 15.0 Å². The van der Waals surface area contributed by atoms with Gasteiger partial charge in [0.15, 0.2) is 17.0 Å². The van der Waals surface area contributed by atoms with E-state index in [0.29, 0.717) is 17.0 Å². The van der Waals surface area contributed by atoms with Crippen molar-refractivity contribution in [3.8, 4) is 11.8 Å². The lowest BCUT2D eigenvalue weighted by Gasteiger charge is -2.26. The molecule has 1 saturated carbocycles. The molecule has 3 aromatic heterocycles. The second-order valence-corrected chi connectivity index (χ2v) is 7.83. The van der Waals surface area contributed by atoms with Gasteiger partial charge in [-0.05, 0) is 19.3 Å². The Labute approximate surface area is 178 Å². The van der Waals surface area contributed by atoms with Gasteiger partial charge < -0.3 is 25.4 Å². The van der Waals surface area contributed by atoms with Crippen LogP contribution in [0.5, 0.6) is 0 Å². The van der Waals surface area contributed by atoms with Crippen LogP contribution in [0, 0.1) is 17.3 Å². The number of carbonyl (C=O) groups excluding carboxylic acids is 1. The SMILES string of the molecule is CNC(=O)[C@@]1(C)C[C@@H](n2cnc3c(NC)nc(C#Cc4cnn(C)c4)nc32)[C@H](O)[C@@H]1O. The van der Waals surface area contributed by atoms with Crippen LogP contribution in [0.15, 0.2) is 18.7 Å². The van der Waals surface area contributed by atoms with Crippen LogP contribution in [-0.4, -0.2) is 71.7 Å². The quantitative estimate of drug-likeness (QED) is 0.409. The van der Waals surface area contributed by atoms with Crippen LogP contribution < -0.4 is 10.6 Å². The van der Waals surface area contributed by atoms with Crippen molar-refractivity contribution >= 4 is 22.9 Å². The molecule has 162 valence electrons. The van der Waals surface area contributed by atoms with E-state index in [2.05, 4.69) is 42.5 Å². The molecule has 0 unspecified atom stereocenters. The summed E-state index contributed by atoms with van der Waals surface area (Å²) in [5.74, 6) is 6.32. The first-order valence-electron chi connectivity index (χ1n) is 9.79. The highest BCUT2D eigenvalue weighted by atomic mass is 16.3. The fourth-order valence-electron chi connectivity index (χ4n) is 4.04. The number of aliphatic hydroxyl groups excluding tert-OH is 2. The lowest BCUT2D eigenvalue weighted by atomic mass is 9.85. The zero-order valence-corrected chi connectivity index (χ0v) is 17.7. The zero-order valence-electron chi connectivity index (χ0n) is 17.7. The van der Waals surface area contributed by atoms with Gasteiger partial charge in [-0.1, -0.05) is 5.92 Å². The second-order valence-electron chi connectivity index (χ2n) is 7.83. The maximum atomic E-state index is 12.4. The van der Waals surface area contributed by atoms with Crippen molar-refractivity contribution in [2.45, 2.75) is 31.6 Å². The molecule has 4 rings (SSSR count). The minimum Gasteiger partial charge on any atom is -0.389 e. The van der Waals surface area contributed by atoms with Crippen molar-refractivity contribution in [2.75, 3.05) is 19.4 Å². The third kappa shape index (κ3) is 3.39. The summed E-state index contributed by atoms with van der Waals surface area (Å²) in [6.07, 6.45) is 2.78. The number of hydrogen-bond acceptors (Lipinski definition) is 8. The predicted molar refractivity (Wildman–Crippen MR) is 112 cm³/mol. The van der Waals surface area contributed by atoms with Gasteiger partial charge in [-0.3, -0.25) is 9.48 Å². The van der Waals surface area contributed by atoms with Crippen LogP contribution >= 0.6 is 0 Å². The summed E-state index contributed by atoms with van der Waals surface area (Å²) in [6, 6.07) is -0.596. The summed E-state index contributed by atoms with van der Waals surface area (Å²) >= 11 is 0. The maximum Gasteiger partial charge on any atom is 0.228 e. The second kappa shape index (κ2) is 7.64. The largest absolute Gasteiger partial charge is 0.389 e. The molecular weight excluding hydrogens is 400 g/mol. The van der Waals surface area contributed by atoms with Gasteiger partial charge in [0.25, 0.3) is 0 Å². The Morgan fingerprint density at radius 3 is 2.71 bits per heavy atom. The number of aromatic nitrogens is 6. The first-order chi connectivity index (χ1) is 14.8. The van der Waals surface area contributed by atoms with E-state index in [1.165, 1.54) is 13.4 Å². The summed E-state index contributed by atoms with van der Waals surface area (Å²) in [5.41, 5.74) is 0.537. The monoisotopic (exact) mass is 424 g/mol. The highest BCUT2D eigenvalue weighted by molar-refractivity contribution is 5.85. The fourth-order valence-corrected chi connectivity index (χ4v) is 4.04. The van der Waals surface area contributed by atoms with Crippen molar-refractivity contribution in [1.82, 2.24) is 34.6 Å². The Morgan fingerprint density at radius 1 is 1.29 bits per heavy atom. The summed E-state index contributed by atoms with van der Waals surface area (Å²) in [7, 11) is 5.03. The van der Waals surface area contributed by atoms with E-state index in [1.54, 1.807) is 42.7 Å². The molecule has 1 aliphatic carbocycles. The van der Waals surface area contributed by atoms with E-state index < -0.39 is 23.7 Å². The van der Waals surface area contributed by atoms with E-state index in [1.807, 2.05) is 0 Å². The van der Waals surface area contributed by atoms with Gasteiger partial charge in [0.05, 0.1) is 35.6 Å². The van der Waals surface area contributed by atoms with Gasteiger partial charge in [0.2, 0.25) is 11.7 Å². The first kappa shape index (κ1) is 20.8. The van der Waals surface area contributed by atoms with Gasteiger partial charge in [0.1, 0.15) is 6.10 Å². The molecule has 3 heterocycles. The Balaban J connectivity index is 1.78. The summed E-state index contributed by atoms with van der Waals surface area (Å²) in [4.78, 5) is 25.7. The number of carbonyl (C=O) groups is 1. The van der Waals surface area contributed by atoms with E-state index >= 15 is 0 Å². The molecule has 0 saturated heterocycles. The average molecular weight is 424 g/mol. The van der Waals surface area contributed by atoms with Gasteiger partial charge in [-0.15, -0.1) is 0 Å². The standard InChI is InChI=1S/C20H24N8O3/c1-20(19(31)22-3)7-12(15(29)16(20)30)28-10-23-14-17(21-2)25-13(26-18(14)28)6-5-11-8-24-27(4)9-11/h8-10,12,15-16,29-30H,7H2,1-4H3,(H,22,31)(H,21,25,26)/t12-,15+,16+,20+/m1/s1. The van der Waals surface area contributed by atoms with Crippen LogP contribution in [-0.2, 0) is 11.8 Å². The summed E-state index contributed by atoms with van der Waals surface area (Å²) < 4.78 is 3.33. The third-order valence-corrected chi connectivity index (χ3v) is 5.79. The first-order valence-corrected chi connectivity index (χ1v) is 9.79. The molecule has 3 aromatic rings. The Bertz CT molecular complexity index is 1210. The third-order valence-electron chi connectivity index (χ3n) is 5.79. The van der Waals surface area contributed by atoms with E-state index in [4.69, 9.17) is 0 Å². The molecular formula is C20H24N8O3. The lowest BCUT2D eigenvalue weighted by Crippen LogP contribution is -2.45. The number of aliphatic hydroxyl groups is 2. The van der Waals surface area contributed by atoms with Crippen molar-refractivity contribution in [2.24, 2.45) is 12.5 Å². The average Bonchev–Trinajstić information content (AvgIpc) is 3.44. The minimum absolute atomic E-state index is 0.218. The molecule has 0 bridgehead atoms. The molecule has 1 aliphatic rings. The molecule has 0 aliphatic heterocycles. The van der Waals surface area contributed by atoms with E-state index in [0.717, 1.165) is 5.56 Å². The molecule has 1 amide bonds. The van der Waals surface area contributed by atoms with Gasteiger partial charge in [0, 0.05) is 27.3 Å². The molecule has 31 heavy (non-hydrogen) atoms.